The van der Waals surface area contributed by atoms with E-state index in [1.54, 1.807) is 0 Å². The monoisotopic (exact) mass is 228 g/mol. The number of halogens is 3. The molecule has 0 heterocycles. The van der Waals surface area contributed by atoms with Gasteiger partial charge in [-0.15, -0.1) is 0 Å². The average Bonchev–Trinajstić information content (AvgIpc) is 2.11. The maximum atomic E-state index is 11.8. The summed E-state index contributed by atoms with van der Waals surface area (Å²) >= 11 is 0. The second-order valence-corrected chi connectivity index (χ2v) is 3.64. The largest absolute Gasteiger partial charge is 0.390 e. The van der Waals surface area contributed by atoms with Crippen molar-refractivity contribution in [3.05, 3.63) is 0 Å². The maximum absolute atomic E-state index is 11.8. The predicted octanol–water partition coefficient (Wildman–Crippen LogP) is 2.90. The van der Waals surface area contributed by atoms with Crippen LogP contribution in [0.15, 0.2) is 0 Å². The summed E-state index contributed by atoms with van der Waals surface area (Å²) in [6.07, 6.45) is -4.51. The smallest absolute Gasteiger partial charge is 0.389 e. The van der Waals surface area contributed by atoms with Gasteiger partial charge in [-0.05, 0) is 19.3 Å². The molecule has 0 amide bonds. The number of hydrogen-bond donors (Lipinski definition) is 1. The Labute approximate surface area is 88.4 Å². The number of hydrogen-bond acceptors (Lipinski definition) is 2. The minimum atomic E-state index is -4.13. The topological polar surface area (TPSA) is 29.5 Å². The first-order valence-electron chi connectivity index (χ1n) is 5.18. The highest BCUT2D eigenvalue weighted by Gasteiger charge is 2.27. The molecule has 2 nitrogen and oxygen atoms in total. The van der Waals surface area contributed by atoms with Gasteiger partial charge in [-0.3, -0.25) is 0 Å². The molecule has 0 rings (SSSR count). The quantitative estimate of drug-likeness (QED) is 0.726. The predicted molar refractivity (Wildman–Crippen MR) is 51.6 cm³/mol. The molecule has 0 aromatic heterocycles. The van der Waals surface area contributed by atoms with E-state index in [0.717, 1.165) is 6.42 Å². The molecule has 0 aromatic rings. The molecule has 0 radical (unpaired) electrons. The summed E-state index contributed by atoms with van der Waals surface area (Å²) in [6.45, 7) is 1.94. The van der Waals surface area contributed by atoms with Crippen LogP contribution in [0.2, 0.25) is 0 Å². The van der Waals surface area contributed by atoms with E-state index >= 15 is 0 Å². The standard InChI is InChI=1S/C10H19F3O2/c1-3-5-9(15-2)8(14)6-4-7-10(11,12)13/h8-9,14H,3-7H2,1-2H3. The van der Waals surface area contributed by atoms with Gasteiger partial charge in [0, 0.05) is 13.5 Å². The van der Waals surface area contributed by atoms with Gasteiger partial charge < -0.3 is 9.84 Å². The van der Waals surface area contributed by atoms with E-state index in [1.807, 2.05) is 6.92 Å². The molecule has 0 spiro atoms. The van der Waals surface area contributed by atoms with Gasteiger partial charge >= 0.3 is 6.18 Å². The zero-order chi connectivity index (χ0) is 11.9. The van der Waals surface area contributed by atoms with E-state index < -0.39 is 18.7 Å². The van der Waals surface area contributed by atoms with Crippen LogP contribution in [0.1, 0.15) is 39.0 Å². The summed E-state index contributed by atoms with van der Waals surface area (Å²) < 4.78 is 40.5. The van der Waals surface area contributed by atoms with Crippen molar-refractivity contribution in [1.82, 2.24) is 0 Å². The fourth-order valence-corrected chi connectivity index (χ4v) is 1.45. The molecule has 2 atom stereocenters. The lowest BCUT2D eigenvalue weighted by Gasteiger charge is -2.21. The van der Waals surface area contributed by atoms with Gasteiger partial charge in [0.1, 0.15) is 0 Å². The van der Waals surface area contributed by atoms with Gasteiger partial charge in [-0.2, -0.15) is 13.2 Å². The summed E-state index contributed by atoms with van der Waals surface area (Å²) in [6, 6.07) is 0. The highest BCUT2D eigenvalue weighted by Crippen LogP contribution is 2.23. The van der Waals surface area contributed by atoms with Crippen LogP contribution in [0.4, 0.5) is 13.2 Å². The zero-order valence-electron chi connectivity index (χ0n) is 9.18. The van der Waals surface area contributed by atoms with E-state index in [9.17, 15) is 18.3 Å². The highest BCUT2D eigenvalue weighted by atomic mass is 19.4. The normalized spacial score (nSPS) is 16.4. The van der Waals surface area contributed by atoms with Crippen molar-refractivity contribution in [3.63, 3.8) is 0 Å². The minimum Gasteiger partial charge on any atom is -0.390 e. The van der Waals surface area contributed by atoms with Crippen LogP contribution < -0.4 is 0 Å². The van der Waals surface area contributed by atoms with Gasteiger partial charge in [0.25, 0.3) is 0 Å². The molecule has 0 saturated carbocycles. The van der Waals surface area contributed by atoms with Crippen molar-refractivity contribution in [3.8, 4) is 0 Å². The third-order valence-electron chi connectivity index (χ3n) is 2.27. The van der Waals surface area contributed by atoms with Crippen LogP contribution in [-0.4, -0.2) is 30.6 Å². The summed E-state index contributed by atoms with van der Waals surface area (Å²) in [5.74, 6) is 0. The Morgan fingerprint density at radius 1 is 1.27 bits per heavy atom. The van der Waals surface area contributed by atoms with Crippen LogP contribution in [0.25, 0.3) is 0 Å². The van der Waals surface area contributed by atoms with Crippen LogP contribution in [-0.2, 0) is 4.74 Å². The molecule has 1 N–H and O–H groups in total. The SMILES string of the molecule is CCCC(OC)C(O)CCCC(F)(F)F. The average molecular weight is 228 g/mol. The molecule has 92 valence electrons. The van der Waals surface area contributed by atoms with E-state index in [2.05, 4.69) is 0 Å². The van der Waals surface area contributed by atoms with Crippen molar-refractivity contribution >= 4 is 0 Å². The number of aliphatic hydroxyl groups excluding tert-OH is 1. The second-order valence-electron chi connectivity index (χ2n) is 3.64. The van der Waals surface area contributed by atoms with Gasteiger partial charge in [0.2, 0.25) is 0 Å². The molecule has 15 heavy (non-hydrogen) atoms. The number of rotatable bonds is 7. The molecule has 0 aromatic carbocycles. The molecule has 0 aliphatic heterocycles. The summed E-state index contributed by atoms with van der Waals surface area (Å²) in [5.41, 5.74) is 0. The van der Waals surface area contributed by atoms with Gasteiger partial charge in [-0.25, -0.2) is 0 Å². The molecule has 0 saturated heterocycles. The third kappa shape index (κ3) is 7.62. The number of methoxy groups -OCH3 is 1. The number of aliphatic hydroxyl groups is 1. The minimum absolute atomic E-state index is 0.0474. The number of ether oxygens (including phenoxy) is 1. The van der Waals surface area contributed by atoms with Crippen LogP contribution in [0.3, 0.4) is 0 Å². The fourth-order valence-electron chi connectivity index (χ4n) is 1.45. The third-order valence-corrected chi connectivity index (χ3v) is 2.27. The zero-order valence-corrected chi connectivity index (χ0v) is 9.18. The Balaban J connectivity index is 3.75. The Morgan fingerprint density at radius 2 is 1.87 bits per heavy atom. The van der Waals surface area contributed by atoms with Crippen molar-refractivity contribution in [2.75, 3.05) is 7.11 Å². The fraction of sp³-hybridized carbons (Fsp3) is 1.00. The molecule has 0 fully saturated rings. The van der Waals surface area contributed by atoms with Crippen molar-refractivity contribution in [2.45, 2.75) is 57.4 Å². The van der Waals surface area contributed by atoms with Crippen molar-refractivity contribution in [1.29, 1.82) is 0 Å². The van der Waals surface area contributed by atoms with Gasteiger partial charge in [0.05, 0.1) is 12.2 Å². The first-order chi connectivity index (χ1) is 6.90. The van der Waals surface area contributed by atoms with E-state index in [-0.39, 0.29) is 18.9 Å². The molecular weight excluding hydrogens is 209 g/mol. The van der Waals surface area contributed by atoms with Crippen LogP contribution in [0.5, 0.6) is 0 Å². The van der Waals surface area contributed by atoms with Gasteiger partial charge in [-0.1, -0.05) is 13.3 Å². The van der Waals surface area contributed by atoms with Gasteiger partial charge in [0.15, 0.2) is 0 Å². The van der Waals surface area contributed by atoms with Crippen LogP contribution in [0, 0.1) is 0 Å². The molecule has 0 bridgehead atoms. The summed E-state index contributed by atoms with van der Waals surface area (Å²) in [5, 5.41) is 9.54. The second kappa shape index (κ2) is 7.06. The van der Waals surface area contributed by atoms with E-state index in [4.69, 9.17) is 4.74 Å². The first kappa shape index (κ1) is 14.7. The molecule has 5 heteroatoms. The van der Waals surface area contributed by atoms with E-state index in [0.29, 0.717) is 6.42 Å². The number of alkyl halides is 3. The highest BCUT2D eigenvalue weighted by molar-refractivity contribution is 4.69. The maximum Gasteiger partial charge on any atom is 0.389 e. The first-order valence-corrected chi connectivity index (χ1v) is 5.18. The molecule has 2 unspecified atom stereocenters. The molecular formula is C10H19F3O2. The van der Waals surface area contributed by atoms with Crippen molar-refractivity contribution in [2.24, 2.45) is 0 Å². The summed E-state index contributed by atoms with van der Waals surface area (Å²) in [4.78, 5) is 0. The van der Waals surface area contributed by atoms with E-state index in [1.165, 1.54) is 7.11 Å². The lowest BCUT2D eigenvalue weighted by atomic mass is 10.0. The Bertz CT molecular complexity index is 159. The Hall–Kier alpha value is -0.290. The Morgan fingerprint density at radius 3 is 2.27 bits per heavy atom. The lowest BCUT2D eigenvalue weighted by Crippen LogP contribution is -2.28. The summed E-state index contributed by atoms with van der Waals surface area (Å²) in [7, 11) is 1.47. The molecule has 0 aliphatic rings. The van der Waals surface area contributed by atoms with Crippen LogP contribution >= 0.6 is 0 Å². The molecule has 0 aliphatic carbocycles. The van der Waals surface area contributed by atoms with Crippen molar-refractivity contribution < 1.29 is 23.0 Å². The lowest BCUT2D eigenvalue weighted by molar-refractivity contribution is -0.137. The Kier molecular flexibility index (Phi) is 6.92.